The van der Waals surface area contributed by atoms with E-state index < -0.39 is 59.4 Å². The number of alkyl halides is 6. The molecule has 0 aliphatic heterocycles. The van der Waals surface area contributed by atoms with Gasteiger partial charge in [-0.05, 0) is 30.2 Å². The van der Waals surface area contributed by atoms with Crippen molar-refractivity contribution < 1.29 is 50.2 Å². The number of carbonyl (C=O) groups is 3. The van der Waals surface area contributed by atoms with Crippen LogP contribution in [-0.2, 0) is 42.6 Å². The van der Waals surface area contributed by atoms with Crippen LogP contribution in [0.1, 0.15) is 29.5 Å². The Labute approximate surface area is 161 Å². The fourth-order valence-corrected chi connectivity index (χ4v) is 2.31. The quantitative estimate of drug-likeness (QED) is 0.533. The molecule has 0 radical (unpaired) electrons. The fraction of sp³-hybridized carbons (Fsp3) is 0.471. The molecule has 0 aliphatic carbocycles. The largest absolute Gasteiger partial charge is 0.469 e. The van der Waals surface area contributed by atoms with Crippen LogP contribution in [0.2, 0.25) is 0 Å². The lowest BCUT2D eigenvalue weighted by atomic mass is 10.0. The second kappa shape index (κ2) is 9.61. The summed E-state index contributed by atoms with van der Waals surface area (Å²) in [6.07, 6.45) is -11.5. The first-order chi connectivity index (χ1) is 13.3. The maximum Gasteiger partial charge on any atom is 0.416 e. The van der Waals surface area contributed by atoms with Crippen molar-refractivity contribution in [2.24, 2.45) is 0 Å². The molecule has 12 heteroatoms. The molecule has 0 unspecified atom stereocenters. The topological polar surface area (TPSA) is 81.7 Å². The van der Waals surface area contributed by atoms with Gasteiger partial charge in [0.15, 0.2) is 0 Å². The van der Waals surface area contributed by atoms with Crippen LogP contribution in [0.5, 0.6) is 0 Å². The number of halogens is 6. The fourth-order valence-electron chi connectivity index (χ4n) is 2.31. The van der Waals surface area contributed by atoms with Gasteiger partial charge >= 0.3 is 24.3 Å². The van der Waals surface area contributed by atoms with Gasteiger partial charge < -0.3 is 14.8 Å². The minimum atomic E-state index is -5.05. The predicted octanol–water partition coefficient (Wildman–Crippen LogP) is 2.88. The summed E-state index contributed by atoms with van der Waals surface area (Å²) in [5, 5.41) is 2.13. The van der Waals surface area contributed by atoms with Gasteiger partial charge in [-0.1, -0.05) is 0 Å². The SMILES string of the molecule is COC(=O)CC[C@@H](NC(=O)Cc1cc(C(F)(F)F)cc(C(F)(F)F)c1)C(=O)OC. The van der Waals surface area contributed by atoms with Crippen molar-refractivity contribution in [3.8, 4) is 0 Å². The van der Waals surface area contributed by atoms with E-state index in [0.717, 1.165) is 14.2 Å². The molecule has 29 heavy (non-hydrogen) atoms. The summed E-state index contributed by atoms with van der Waals surface area (Å²) in [7, 11) is 2.10. The van der Waals surface area contributed by atoms with Crippen LogP contribution in [0, 0.1) is 0 Å². The smallest absolute Gasteiger partial charge is 0.416 e. The summed E-state index contributed by atoms with van der Waals surface area (Å²) in [6.45, 7) is 0. The molecule has 6 nitrogen and oxygen atoms in total. The molecule has 1 rings (SSSR count). The number of rotatable bonds is 7. The van der Waals surface area contributed by atoms with Gasteiger partial charge in [-0.2, -0.15) is 26.3 Å². The highest BCUT2D eigenvalue weighted by atomic mass is 19.4. The first-order valence-corrected chi connectivity index (χ1v) is 8.00. The molecule has 162 valence electrons. The van der Waals surface area contributed by atoms with Gasteiger partial charge in [0.05, 0.1) is 31.8 Å². The Morgan fingerprint density at radius 2 is 1.45 bits per heavy atom. The Morgan fingerprint density at radius 1 is 0.931 bits per heavy atom. The number of benzene rings is 1. The number of esters is 2. The van der Waals surface area contributed by atoms with Crippen molar-refractivity contribution in [1.82, 2.24) is 5.32 Å². The standard InChI is InChI=1S/C17H17F6NO5/c1-28-14(26)4-3-12(15(27)29-2)24-13(25)7-9-5-10(16(18,19)20)8-11(6-9)17(21,22)23/h5-6,8,12H,3-4,7H2,1-2H3,(H,24,25)/t12-/m1/s1. The molecule has 0 saturated carbocycles. The Hall–Kier alpha value is -2.79. The zero-order valence-electron chi connectivity index (χ0n) is 15.2. The summed E-state index contributed by atoms with van der Waals surface area (Å²) < 4.78 is 86.1. The lowest BCUT2D eigenvalue weighted by Gasteiger charge is -2.17. The van der Waals surface area contributed by atoms with Crippen molar-refractivity contribution in [3.63, 3.8) is 0 Å². The second-order valence-electron chi connectivity index (χ2n) is 5.85. The van der Waals surface area contributed by atoms with E-state index in [1.807, 2.05) is 0 Å². The highest BCUT2D eigenvalue weighted by molar-refractivity contribution is 5.86. The first kappa shape index (κ1) is 24.2. The van der Waals surface area contributed by atoms with Gasteiger partial charge in [0.2, 0.25) is 5.91 Å². The summed E-state index contributed by atoms with van der Waals surface area (Å²) in [6, 6.07) is -0.568. The molecule has 0 aromatic heterocycles. The van der Waals surface area contributed by atoms with Gasteiger partial charge in [0.25, 0.3) is 0 Å². The molecule has 0 fully saturated rings. The highest BCUT2D eigenvalue weighted by Gasteiger charge is 2.37. The number of methoxy groups -OCH3 is 2. The third kappa shape index (κ3) is 7.62. The maximum atomic E-state index is 12.9. The molecule has 0 saturated heterocycles. The van der Waals surface area contributed by atoms with E-state index in [4.69, 9.17) is 0 Å². The van der Waals surface area contributed by atoms with Gasteiger partial charge in [-0.15, -0.1) is 0 Å². The summed E-state index contributed by atoms with van der Waals surface area (Å²) in [4.78, 5) is 34.9. The highest BCUT2D eigenvalue weighted by Crippen LogP contribution is 2.36. The zero-order valence-corrected chi connectivity index (χ0v) is 15.2. The van der Waals surface area contributed by atoms with E-state index >= 15 is 0 Å². The maximum absolute atomic E-state index is 12.9. The predicted molar refractivity (Wildman–Crippen MR) is 85.3 cm³/mol. The van der Waals surface area contributed by atoms with Gasteiger partial charge in [0.1, 0.15) is 6.04 Å². The van der Waals surface area contributed by atoms with Crippen LogP contribution >= 0.6 is 0 Å². The lowest BCUT2D eigenvalue weighted by Crippen LogP contribution is -2.42. The molecule has 0 aliphatic rings. The van der Waals surface area contributed by atoms with Crippen molar-refractivity contribution in [3.05, 3.63) is 34.9 Å². The third-order valence-corrected chi connectivity index (χ3v) is 3.70. The van der Waals surface area contributed by atoms with Crippen molar-refractivity contribution in [2.45, 2.75) is 37.7 Å². The molecule has 0 bridgehead atoms. The number of ether oxygens (including phenoxy) is 2. The molecule has 1 amide bonds. The van der Waals surface area contributed by atoms with Crippen molar-refractivity contribution in [1.29, 1.82) is 0 Å². The summed E-state index contributed by atoms with van der Waals surface area (Å²) >= 11 is 0. The van der Waals surface area contributed by atoms with Crippen LogP contribution in [0.4, 0.5) is 26.3 Å². The Morgan fingerprint density at radius 3 is 1.86 bits per heavy atom. The summed E-state index contributed by atoms with van der Waals surface area (Å²) in [5.74, 6) is -2.67. The first-order valence-electron chi connectivity index (χ1n) is 8.00. The third-order valence-electron chi connectivity index (χ3n) is 3.70. The summed E-state index contributed by atoms with van der Waals surface area (Å²) in [5.41, 5.74) is -3.68. The minimum Gasteiger partial charge on any atom is -0.469 e. The van der Waals surface area contributed by atoms with E-state index in [-0.39, 0.29) is 18.9 Å². The monoisotopic (exact) mass is 429 g/mol. The Kier molecular flexibility index (Phi) is 8.04. The molecule has 0 heterocycles. The van der Waals surface area contributed by atoms with Gasteiger partial charge in [-0.25, -0.2) is 4.79 Å². The van der Waals surface area contributed by atoms with Crippen molar-refractivity contribution >= 4 is 17.8 Å². The second-order valence-corrected chi connectivity index (χ2v) is 5.85. The number of hydrogen-bond donors (Lipinski definition) is 1. The van der Waals surface area contributed by atoms with E-state index in [9.17, 15) is 40.7 Å². The Balaban J connectivity index is 3.03. The number of nitrogens with one attached hydrogen (secondary N) is 1. The average Bonchev–Trinajstić information content (AvgIpc) is 2.62. The number of hydrogen-bond acceptors (Lipinski definition) is 5. The van der Waals surface area contributed by atoms with E-state index in [0.29, 0.717) is 12.1 Å². The normalized spacial score (nSPS) is 12.8. The van der Waals surface area contributed by atoms with Crippen LogP contribution in [0.15, 0.2) is 18.2 Å². The zero-order chi connectivity index (χ0) is 22.4. The average molecular weight is 429 g/mol. The van der Waals surface area contributed by atoms with Crippen molar-refractivity contribution in [2.75, 3.05) is 14.2 Å². The molecule has 1 aromatic rings. The molecule has 1 aromatic carbocycles. The molecule has 1 N–H and O–H groups in total. The van der Waals surface area contributed by atoms with Gasteiger partial charge in [-0.3, -0.25) is 9.59 Å². The molecular weight excluding hydrogens is 412 g/mol. The molecule has 0 spiro atoms. The molecule has 1 atom stereocenters. The number of amides is 1. The lowest BCUT2D eigenvalue weighted by molar-refractivity contribution is -0.146. The Bertz CT molecular complexity index is 727. The number of carbonyl (C=O) groups excluding carboxylic acids is 3. The van der Waals surface area contributed by atoms with Crippen LogP contribution in [0.3, 0.4) is 0 Å². The molecular formula is C17H17F6NO5. The van der Waals surface area contributed by atoms with E-state index in [1.54, 1.807) is 0 Å². The minimum absolute atomic E-state index is 0.0605. The van der Waals surface area contributed by atoms with Gasteiger partial charge in [0, 0.05) is 6.42 Å². The van der Waals surface area contributed by atoms with E-state index in [2.05, 4.69) is 14.8 Å². The van der Waals surface area contributed by atoms with E-state index in [1.165, 1.54) is 0 Å². The van der Waals surface area contributed by atoms with Crippen LogP contribution < -0.4 is 5.32 Å². The van der Waals surface area contributed by atoms with Crippen LogP contribution in [-0.4, -0.2) is 38.1 Å². The van der Waals surface area contributed by atoms with Crippen LogP contribution in [0.25, 0.3) is 0 Å².